The van der Waals surface area contributed by atoms with Crippen LogP contribution < -0.4 is 5.32 Å². The van der Waals surface area contributed by atoms with Gasteiger partial charge in [-0.15, -0.1) is 0 Å². The lowest BCUT2D eigenvalue weighted by atomic mass is 9.52. The van der Waals surface area contributed by atoms with Crippen LogP contribution in [-0.2, 0) is 52.8 Å². The molecule has 0 aromatic heterocycles. The third kappa shape index (κ3) is 5.04. The molecule has 2 bridgehead atoms. The van der Waals surface area contributed by atoms with Gasteiger partial charge in [-0.05, 0) is 78.5 Å². The highest BCUT2D eigenvalue weighted by Crippen LogP contribution is 2.61. The minimum Gasteiger partial charge on any atom is -0.458 e. The molecule has 52 heavy (non-hydrogen) atoms. The first-order valence-corrected chi connectivity index (χ1v) is 19.4. The zero-order chi connectivity index (χ0) is 35.6. The van der Waals surface area contributed by atoms with Crippen molar-refractivity contribution in [2.75, 3.05) is 13.2 Å². The molecule has 10 nitrogen and oxygen atoms in total. The number of rotatable bonds is 6. The minimum atomic E-state index is -1.26. The maximum Gasteiger partial charge on any atom is 0.327 e. The number of epoxide rings is 1. The quantitative estimate of drug-likeness (QED) is 0.326. The van der Waals surface area contributed by atoms with E-state index in [1.165, 1.54) is 29.5 Å². The summed E-state index contributed by atoms with van der Waals surface area (Å²) in [6.07, 6.45) is 7.18. The van der Waals surface area contributed by atoms with E-state index in [1.807, 2.05) is 18.2 Å². The highest BCUT2D eigenvalue weighted by Gasteiger charge is 2.76. The second-order valence-corrected chi connectivity index (χ2v) is 17.8. The highest BCUT2D eigenvalue weighted by atomic mass is 16.8. The molecule has 10 rings (SSSR count). The Bertz CT molecular complexity index is 1820. The third-order valence-electron chi connectivity index (χ3n) is 14.1. The molecule has 276 valence electrons. The number of nitrogens with zero attached hydrogens (tertiary/aromatic N) is 1. The maximum absolute atomic E-state index is 14.2. The summed E-state index contributed by atoms with van der Waals surface area (Å²) in [5, 5.41) is 14.2. The summed E-state index contributed by atoms with van der Waals surface area (Å²) in [6.45, 7) is 7.27. The van der Waals surface area contributed by atoms with Gasteiger partial charge in [-0.3, -0.25) is 14.4 Å². The van der Waals surface area contributed by atoms with E-state index in [9.17, 15) is 14.7 Å². The van der Waals surface area contributed by atoms with Crippen molar-refractivity contribution < 1.29 is 38.5 Å². The number of aliphatic hydroxyl groups excluding tert-OH is 1. The van der Waals surface area contributed by atoms with Gasteiger partial charge in [-0.25, -0.2) is 0 Å². The van der Waals surface area contributed by atoms with Crippen LogP contribution in [0.3, 0.4) is 0 Å². The lowest BCUT2D eigenvalue weighted by Crippen LogP contribution is -2.69. The normalized spacial score (nSPS) is 41.1. The fourth-order valence-corrected chi connectivity index (χ4v) is 11.5. The van der Waals surface area contributed by atoms with Gasteiger partial charge in [0.05, 0.1) is 24.9 Å². The molecule has 1 amide bonds. The van der Waals surface area contributed by atoms with Gasteiger partial charge >= 0.3 is 5.97 Å². The Kier molecular flexibility index (Phi) is 7.52. The smallest absolute Gasteiger partial charge is 0.327 e. The summed E-state index contributed by atoms with van der Waals surface area (Å²) < 4.78 is 25.9. The number of esters is 1. The molecule has 2 aromatic carbocycles. The molecule has 3 saturated carbocycles. The number of aliphatic hydroxyl groups is 1. The van der Waals surface area contributed by atoms with Crippen molar-refractivity contribution in [3.05, 3.63) is 76.4 Å². The van der Waals surface area contributed by atoms with Gasteiger partial charge in [0, 0.05) is 25.8 Å². The molecule has 1 spiro atoms. The first-order chi connectivity index (χ1) is 25.0. The Morgan fingerprint density at radius 2 is 1.79 bits per heavy atom. The number of hydrogen-bond acceptors (Lipinski definition) is 9. The Labute approximate surface area is 305 Å². The average molecular weight is 711 g/mol. The largest absolute Gasteiger partial charge is 0.458 e. The van der Waals surface area contributed by atoms with Crippen molar-refractivity contribution in [3.8, 4) is 0 Å². The SMILES string of the molecule is CC1(C)C[C@@H]2C(=Cc3cccc(CN4O[C@@H]5[C@H]6OC7(Cc8ccccc8C7)O[C@H]6[C@H]6C[C@]5(C(=O)NCCO)[C@@H]4C(=O)O6)c3)CCC3O[C@]3(C)CC[C@H]21. The Hall–Kier alpha value is -3.12. The minimum absolute atomic E-state index is 0.0451. The van der Waals surface area contributed by atoms with Crippen molar-refractivity contribution in [1.29, 1.82) is 0 Å². The van der Waals surface area contributed by atoms with E-state index in [2.05, 4.69) is 62.5 Å². The highest BCUT2D eigenvalue weighted by molar-refractivity contribution is 5.93. The van der Waals surface area contributed by atoms with Crippen LogP contribution in [0.15, 0.2) is 54.1 Å². The zero-order valence-corrected chi connectivity index (χ0v) is 30.3. The zero-order valence-electron chi connectivity index (χ0n) is 30.3. The van der Waals surface area contributed by atoms with E-state index in [4.69, 9.17) is 23.8 Å². The Morgan fingerprint density at radius 3 is 2.56 bits per heavy atom. The number of carbonyl (C=O) groups is 2. The Morgan fingerprint density at radius 1 is 1.00 bits per heavy atom. The van der Waals surface area contributed by atoms with Gasteiger partial charge in [0.1, 0.15) is 29.8 Å². The number of carbonyl (C=O) groups excluding carboxylic acids is 2. The molecule has 10 atom stereocenters. The van der Waals surface area contributed by atoms with E-state index in [0.717, 1.165) is 30.4 Å². The number of ether oxygens (including phenoxy) is 4. The molecule has 0 radical (unpaired) electrons. The topological polar surface area (TPSA) is 119 Å². The van der Waals surface area contributed by atoms with E-state index < -0.39 is 47.6 Å². The van der Waals surface area contributed by atoms with Crippen LogP contribution >= 0.6 is 0 Å². The summed E-state index contributed by atoms with van der Waals surface area (Å²) in [7, 11) is 0. The molecule has 8 aliphatic rings. The molecule has 2 aromatic rings. The van der Waals surface area contributed by atoms with Crippen LogP contribution in [0.4, 0.5) is 0 Å². The predicted octanol–water partition coefficient (Wildman–Crippen LogP) is 4.65. The number of amides is 1. The van der Waals surface area contributed by atoms with Crippen LogP contribution in [0, 0.1) is 22.7 Å². The van der Waals surface area contributed by atoms with Gasteiger partial charge < -0.3 is 29.4 Å². The average Bonchev–Trinajstić information content (AvgIpc) is 3.40. The monoisotopic (exact) mass is 710 g/mol. The fraction of sp³-hybridized carbons (Fsp3) is 0.619. The molecular formula is C42H50N2O8. The first kappa shape index (κ1) is 33.4. The lowest BCUT2D eigenvalue weighted by molar-refractivity contribution is -0.217. The number of benzene rings is 2. The van der Waals surface area contributed by atoms with Crippen molar-refractivity contribution in [1.82, 2.24) is 10.4 Å². The molecule has 4 aliphatic heterocycles. The second kappa shape index (κ2) is 11.7. The fourth-order valence-electron chi connectivity index (χ4n) is 11.5. The van der Waals surface area contributed by atoms with E-state index in [-0.39, 0.29) is 37.6 Å². The maximum atomic E-state index is 14.2. The van der Waals surface area contributed by atoms with Crippen LogP contribution in [0.5, 0.6) is 0 Å². The van der Waals surface area contributed by atoms with E-state index in [1.54, 1.807) is 5.06 Å². The molecule has 4 saturated heterocycles. The number of allylic oxidation sites excluding steroid dienone is 1. The van der Waals surface area contributed by atoms with Crippen molar-refractivity contribution in [3.63, 3.8) is 0 Å². The predicted molar refractivity (Wildman–Crippen MR) is 189 cm³/mol. The Balaban J connectivity index is 0.948. The van der Waals surface area contributed by atoms with Gasteiger partial charge in [0.2, 0.25) is 5.91 Å². The number of hydroxylamine groups is 2. The molecule has 7 fully saturated rings. The number of nitrogens with one attached hydrogen (secondary N) is 1. The summed E-state index contributed by atoms with van der Waals surface area (Å²) in [6, 6.07) is 15.7. The summed E-state index contributed by atoms with van der Waals surface area (Å²) in [4.78, 5) is 35.0. The van der Waals surface area contributed by atoms with Gasteiger partial charge in [0.15, 0.2) is 11.8 Å². The van der Waals surface area contributed by atoms with Crippen LogP contribution in [0.2, 0.25) is 0 Å². The number of fused-ring (bicyclic) bond motifs is 7. The molecule has 2 N–H and O–H groups in total. The molecule has 4 heterocycles. The van der Waals surface area contributed by atoms with Gasteiger partial charge in [0.25, 0.3) is 0 Å². The van der Waals surface area contributed by atoms with Gasteiger partial charge in [-0.2, -0.15) is 5.06 Å². The number of hydrogen-bond donors (Lipinski definition) is 2. The summed E-state index contributed by atoms with van der Waals surface area (Å²) >= 11 is 0. The van der Waals surface area contributed by atoms with E-state index >= 15 is 0 Å². The van der Waals surface area contributed by atoms with Crippen LogP contribution in [0.25, 0.3) is 6.08 Å². The summed E-state index contributed by atoms with van der Waals surface area (Å²) in [5.41, 5.74) is 5.07. The van der Waals surface area contributed by atoms with Crippen LogP contribution in [0.1, 0.15) is 81.5 Å². The molecular weight excluding hydrogens is 660 g/mol. The van der Waals surface area contributed by atoms with E-state index in [0.29, 0.717) is 36.2 Å². The first-order valence-electron chi connectivity index (χ1n) is 19.4. The van der Waals surface area contributed by atoms with Crippen LogP contribution in [-0.4, -0.2) is 83.1 Å². The van der Waals surface area contributed by atoms with Gasteiger partial charge in [-0.1, -0.05) is 74.0 Å². The molecule has 10 heteroatoms. The lowest BCUT2D eigenvalue weighted by Gasteiger charge is -2.53. The standard InChI is InChI=1S/C42H50N2O8/c1-39(2)21-29-26(11-12-32-40(3,49-32)14-13-30(29)39)18-24-7-6-8-25(17-24)23-44-35-37(46)48-31-22-42(35,38(47)43-15-16-45)36(52-44)34-33(31)50-41(51-34)19-27-9-4-5-10-28(27)20-41/h4-10,17-18,29-36,45H,11-16,19-23H2,1-3H3,(H,43,47)/t29-,30-,31-,32?,33+,34+,35+,36-,40-,42+/m1/s1. The molecule has 1 unspecified atom stereocenters. The second-order valence-electron chi connectivity index (χ2n) is 17.8. The van der Waals surface area contributed by atoms with Crippen molar-refractivity contribution >= 4 is 18.0 Å². The third-order valence-corrected chi connectivity index (χ3v) is 14.1. The van der Waals surface area contributed by atoms with Crippen molar-refractivity contribution in [2.24, 2.45) is 22.7 Å². The molecule has 4 aliphatic carbocycles. The summed E-state index contributed by atoms with van der Waals surface area (Å²) in [5.74, 6) is -0.488. The van der Waals surface area contributed by atoms with Crippen molar-refractivity contribution in [2.45, 2.75) is 127 Å².